The highest BCUT2D eigenvalue weighted by Crippen LogP contribution is 2.41. The molecule has 0 bridgehead atoms. The van der Waals surface area contributed by atoms with Crippen molar-refractivity contribution in [1.29, 1.82) is 0 Å². The number of benzene rings is 1. The van der Waals surface area contributed by atoms with Crippen LogP contribution in [0.5, 0.6) is 5.75 Å². The molecular weight excluding hydrogens is 350 g/mol. The van der Waals surface area contributed by atoms with Crippen LogP contribution in [0.1, 0.15) is 51.2 Å². The number of rotatable bonds is 5. The number of hydrazone groups is 1. The molecule has 2 N–H and O–H groups in total. The lowest BCUT2D eigenvalue weighted by molar-refractivity contribution is 0.275. The lowest BCUT2D eigenvalue weighted by Gasteiger charge is -2.26. The van der Waals surface area contributed by atoms with Gasteiger partial charge in [-0.2, -0.15) is 15.6 Å². The van der Waals surface area contributed by atoms with Gasteiger partial charge in [0.1, 0.15) is 11.4 Å². The third-order valence-corrected chi connectivity index (χ3v) is 5.44. The summed E-state index contributed by atoms with van der Waals surface area (Å²) in [7, 11) is 1.76. The summed E-state index contributed by atoms with van der Waals surface area (Å²) < 4.78 is 5.58. The van der Waals surface area contributed by atoms with E-state index in [-0.39, 0.29) is 17.2 Å². The van der Waals surface area contributed by atoms with E-state index >= 15 is 0 Å². The van der Waals surface area contributed by atoms with Crippen molar-refractivity contribution in [3.05, 3.63) is 58.9 Å². The number of nitrogens with one attached hydrogen (secondary N) is 1. The smallest absolute Gasteiger partial charge is 0.146 e. The Morgan fingerprint density at radius 1 is 1.29 bits per heavy atom. The predicted octanol–water partition coefficient (Wildman–Crippen LogP) is 4.49. The van der Waals surface area contributed by atoms with Crippen molar-refractivity contribution in [2.45, 2.75) is 57.9 Å². The molecule has 1 aliphatic heterocycles. The zero-order valence-corrected chi connectivity index (χ0v) is 17.1. The Balaban J connectivity index is 1.67. The molecule has 1 aromatic rings. The third-order valence-electron chi connectivity index (χ3n) is 5.44. The highest BCUT2D eigenvalue weighted by molar-refractivity contribution is 6.03. The number of fused-ring (bicyclic) bond motifs is 1. The Hall–Kier alpha value is -2.53. The molecule has 1 saturated carbocycles. The largest absolute Gasteiger partial charge is 0.505 e. The minimum absolute atomic E-state index is 0.0471. The average molecular weight is 380 g/mol. The van der Waals surface area contributed by atoms with Crippen molar-refractivity contribution in [3.63, 3.8) is 0 Å². The molecular formula is C23H29N3O2. The van der Waals surface area contributed by atoms with Crippen molar-refractivity contribution < 1.29 is 9.84 Å². The highest BCUT2D eigenvalue weighted by atomic mass is 16.5. The van der Waals surface area contributed by atoms with Crippen LogP contribution in [0.4, 0.5) is 5.69 Å². The Morgan fingerprint density at radius 3 is 2.71 bits per heavy atom. The fraction of sp³-hybridized carbons (Fsp3) is 0.435. The first-order valence-corrected chi connectivity index (χ1v) is 9.98. The first kappa shape index (κ1) is 18.8. The minimum atomic E-state index is -0.173. The number of allylic oxidation sites excluding steroid dienone is 4. The molecule has 2 aliphatic carbocycles. The van der Waals surface area contributed by atoms with Crippen LogP contribution in [0.2, 0.25) is 0 Å². The van der Waals surface area contributed by atoms with Crippen LogP contribution in [0.25, 0.3) is 0 Å². The number of hydrogen-bond donors (Lipinski definition) is 2. The van der Waals surface area contributed by atoms with Gasteiger partial charge in [-0.3, -0.25) is 0 Å². The van der Waals surface area contributed by atoms with Crippen LogP contribution in [-0.4, -0.2) is 24.0 Å². The molecule has 3 aliphatic rings. The number of nitrogens with zero attached hydrogens (tertiary/aromatic N) is 2. The van der Waals surface area contributed by atoms with Crippen molar-refractivity contribution in [2.24, 2.45) is 5.10 Å². The first-order chi connectivity index (χ1) is 13.4. The van der Waals surface area contributed by atoms with Gasteiger partial charge < -0.3 is 9.84 Å². The van der Waals surface area contributed by atoms with Gasteiger partial charge in [0.2, 0.25) is 0 Å². The van der Waals surface area contributed by atoms with Gasteiger partial charge in [-0.05, 0) is 48.0 Å². The molecule has 1 unspecified atom stereocenters. The van der Waals surface area contributed by atoms with E-state index in [4.69, 9.17) is 4.74 Å². The van der Waals surface area contributed by atoms with Gasteiger partial charge in [-0.15, -0.1) is 0 Å². The van der Waals surface area contributed by atoms with Crippen molar-refractivity contribution in [3.8, 4) is 5.75 Å². The summed E-state index contributed by atoms with van der Waals surface area (Å²) in [6.45, 7) is 6.37. The van der Waals surface area contributed by atoms with E-state index in [0.29, 0.717) is 5.69 Å². The van der Waals surface area contributed by atoms with Gasteiger partial charge in [0.15, 0.2) is 0 Å². The molecule has 148 valence electrons. The monoisotopic (exact) mass is 379 g/mol. The Bertz CT molecular complexity index is 897. The Labute approximate surface area is 167 Å². The fourth-order valence-corrected chi connectivity index (χ4v) is 3.71. The number of aryl methyl sites for hydroxylation is 1. The number of phenols is 1. The van der Waals surface area contributed by atoms with Crippen molar-refractivity contribution in [2.75, 3.05) is 12.2 Å². The highest BCUT2D eigenvalue weighted by Gasteiger charge is 2.29. The fourth-order valence-electron chi connectivity index (χ4n) is 3.71. The second-order valence-electron chi connectivity index (χ2n) is 8.68. The summed E-state index contributed by atoms with van der Waals surface area (Å²) in [6.07, 6.45) is 12.1. The molecule has 0 amide bonds. The number of anilines is 1. The van der Waals surface area contributed by atoms with Gasteiger partial charge >= 0.3 is 0 Å². The number of hydrazine groups is 1. The van der Waals surface area contributed by atoms with Crippen LogP contribution < -0.4 is 10.5 Å². The molecule has 1 atom stereocenters. The molecule has 1 heterocycles. The summed E-state index contributed by atoms with van der Waals surface area (Å²) in [4.78, 5) is 0. The van der Waals surface area contributed by atoms with E-state index in [0.717, 1.165) is 42.7 Å². The van der Waals surface area contributed by atoms with E-state index < -0.39 is 0 Å². The van der Waals surface area contributed by atoms with Crippen LogP contribution in [0.3, 0.4) is 0 Å². The molecule has 1 aromatic carbocycles. The third kappa shape index (κ3) is 3.72. The van der Waals surface area contributed by atoms with Gasteiger partial charge in [-0.1, -0.05) is 45.1 Å². The Morgan fingerprint density at radius 2 is 2.07 bits per heavy atom. The molecule has 0 spiro atoms. The SMILES string of the molecule is COC(CCc1cc(N2N=C3C=CC=CC3N2)c(O)c(C(C)(C)C)c1)=C1CC1. The number of hydrogen-bond acceptors (Lipinski definition) is 5. The van der Waals surface area contributed by atoms with Crippen LogP contribution in [0.15, 0.2) is 52.9 Å². The standard InChI is InChI=1S/C23H29N3O2/c1-23(2,3)17-13-15(9-12-21(28-4)16-10-11-16)14-20(22(17)27)26-24-18-7-5-6-8-19(18)25-26/h5-8,13-14,18,24,27H,9-12H2,1-4H3. The molecule has 0 radical (unpaired) electrons. The molecule has 5 nitrogen and oxygen atoms in total. The number of phenolic OH excluding ortho intramolecular Hbond substituents is 1. The zero-order chi connectivity index (χ0) is 19.9. The number of methoxy groups -OCH3 is 1. The number of aromatic hydroxyl groups is 1. The van der Waals surface area contributed by atoms with Crippen molar-refractivity contribution >= 4 is 11.4 Å². The van der Waals surface area contributed by atoms with E-state index in [2.05, 4.69) is 43.4 Å². The van der Waals surface area contributed by atoms with Crippen molar-refractivity contribution in [1.82, 2.24) is 5.43 Å². The molecule has 1 fully saturated rings. The normalized spacial score (nSPS) is 20.3. The summed E-state index contributed by atoms with van der Waals surface area (Å²) >= 11 is 0. The summed E-state index contributed by atoms with van der Waals surface area (Å²) in [5.41, 5.74) is 8.38. The quantitative estimate of drug-likeness (QED) is 0.740. The molecule has 0 saturated heterocycles. The van der Waals surface area contributed by atoms with Gasteiger partial charge in [0.25, 0.3) is 0 Å². The van der Waals surface area contributed by atoms with E-state index in [1.807, 2.05) is 24.3 Å². The first-order valence-electron chi connectivity index (χ1n) is 9.98. The summed E-state index contributed by atoms with van der Waals surface area (Å²) in [5, 5.41) is 17.4. The average Bonchev–Trinajstić information content (AvgIpc) is 3.40. The molecule has 4 rings (SSSR count). The maximum atomic E-state index is 11.0. The van der Waals surface area contributed by atoms with Gasteiger partial charge in [0, 0.05) is 12.0 Å². The minimum Gasteiger partial charge on any atom is -0.505 e. The lowest BCUT2D eigenvalue weighted by Crippen LogP contribution is -2.37. The summed E-state index contributed by atoms with van der Waals surface area (Å²) in [6, 6.07) is 4.21. The van der Waals surface area contributed by atoms with E-state index in [9.17, 15) is 5.11 Å². The Kier molecular flexibility index (Phi) is 4.79. The lowest BCUT2D eigenvalue weighted by atomic mass is 9.84. The summed E-state index contributed by atoms with van der Waals surface area (Å²) in [5.74, 6) is 1.40. The second kappa shape index (κ2) is 7.13. The zero-order valence-electron chi connectivity index (χ0n) is 17.1. The number of ether oxygens (including phenoxy) is 1. The van der Waals surface area contributed by atoms with Gasteiger partial charge in [-0.25, -0.2) is 0 Å². The maximum absolute atomic E-state index is 11.0. The molecule has 28 heavy (non-hydrogen) atoms. The molecule has 0 aromatic heterocycles. The predicted molar refractivity (Wildman–Crippen MR) is 114 cm³/mol. The van der Waals surface area contributed by atoms with Crippen LogP contribution >= 0.6 is 0 Å². The van der Waals surface area contributed by atoms with Gasteiger partial charge in [0.05, 0.1) is 24.6 Å². The van der Waals surface area contributed by atoms with E-state index in [1.54, 1.807) is 12.2 Å². The van der Waals surface area contributed by atoms with E-state index in [1.165, 1.54) is 11.1 Å². The maximum Gasteiger partial charge on any atom is 0.146 e. The molecule has 5 heteroatoms. The van der Waals surface area contributed by atoms with Crippen LogP contribution in [0, 0.1) is 0 Å². The topological polar surface area (TPSA) is 57.1 Å². The van der Waals surface area contributed by atoms with Crippen LogP contribution in [-0.2, 0) is 16.6 Å². The second-order valence-corrected chi connectivity index (χ2v) is 8.68.